The maximum absolute atomic E-state index is 5.94. The molecule has 4 rings (SSSR count). The first-order valence-corrected chi connectivity index (χ1v) is 11.0. The SMILES string of the molecule is C\C=C/N=C(C)\C=N\c1ccc(Nc2ncc3c(n2)N(C)[C@@H](c2ccccc2)CO3)cc1OC. The van der Waals surface area contributed by atoms with E-state index in [0.29, 0.717) is 29.7 Å². The molecule has 3 aromatic rings. The summed E-state index contributed by atoms with van der Waals surface area (Å²) in [5.74, 6) is 2.50. The van der Waals surface area contributed by atoms with Gasteiger partial charge in [0.05, 0.1) is 25.1 Å². The molecule has 0 saturated heterocycles. The van der Waals surface area contributed by atoms with Crippen molar-refractivity contribution in [3.8, 4) is 11.5 Å². The Kier molecular flexibility index (Phi) is 7.17. The van der Waals surface area contributed by atoms with E-state index in [0.717, 1.165) is 17.2 Å². The van der Waals surface area contributed by atoms with Crippen LogP contribution in [0.5, 0.6) is 11.5 Å². The first-order chi connectivity index (χ1) is 16.6. The molecular weight excluding hydrogens is 428 g/mol. The van der Waals surface area contributed by atoms with Crippen molar-refractivity contribution in [1.29, 1.82) is 0 Å². The van der Waals surface area contributed by atoms with Crippen LogP contribution < -0.4 is 19.7 Å². The molecule has 0 amide bonds. The summed E-state index contributed by atoms with van der Waals surface area (Å²) in [4.78, 5) is 20.0. The Hall–Kier alpha value is -4.20. The van der Waals surface area contributed by atoms with Crippen molar-refractivity contribution >= 4 is 35.1 Å². The van der Waals surface area contributed by atoms with Crippen molar-refractivity contribution in [2.24, 2.45) is 9.98 Å². The zero-order chi connectivity index (χ0) is 23.9. The van der Waals surface area contributed by atoms with Crippen LogP contribution in [-0.2, 0) is 0 Å². The van der Waals surface area contributed by atoms with Gasteiger partial charge in [-0.25, -0.2) is 4.98 Å². The number of allylic oxidation sites excluding steroid dienone is 1. The molecule has 1 aliphatic rings. The molecule has 0 bridgehead atoms. The fourth-order valence-electron chi connectivity index (χ4n) is 3.58. The van der Waals surface area contributed by atoms with Gasteiger partial charge < -0.3 is 19.7 Å². The Morgan fingerprint density at radius 3 is 2.82 bits per heavy atom. The highest BCUT2D eigenvalue weighted by atomic mass is 16.5. The average Bonchev–Trinajstić information content (AvgIpc) is 2.87. The zero-order valence-corrected chi connectivity index (χ0v) is 19.8. The van der Waals surface area contributed by atoms with Gasteiger partial charge in [-0.05, 0) is 31.5 Å². The number of nitrogens with one attached hydrogen (secondary N) is 1. The third kappa shape index (κ3) is 5.23. The van der Waals surface area contributed by atoms with Gasteiger partial charge in [0.25, 0.3) is 0 Å². The van der Waals surface area contributed by atoms with E-state index in [1.165, 1.54) is 5.56 Å². The Morgan fingerprint density at radius 2 is 2.06 bits per heavy atom. The van der Waals surface area contributed by atoms with Crippen LogP contribution in [0.15, 0.2) is 77.0 Å². The number of methoxy groups -OCH3 is 1. The fourth-order valence-corrected chi connectivity index (χ4v) is 3.58. The van der Waals surface area contributed by atoms with Crippen molar-refractivity contribution in [3.05, 3.63) is 72.6 Å². The number of likely N-dealkylation sites (N-methyl/N-ethyl adjacent to an activating group) is 1. The predicted molar refractivity (Wildman–Crippen MR) is 137 cm³/mol. The van der Waals surface area contributed by atoms with Gasteiger partial charge in [-0.1, -0.05) is 36.4 Å². The van der Waals surface area contributed by atoms with Crippen LogP contribution in [0.4, 0.5) is 23.1 Å². The molecule has 8 heteroatoms. The Bertz CT molecular complexity index is 1220. The second-order valence-electron chi connectivity index (χ2n) is 7.75. The highest BCUT2D eigenvalue weighted by molar-refractivity contribution is 6.30. The molecule has 0 unspecified atom stereocenters. The number of hydrogen-bond donors (Lipinski definition) is 1. The van der Waals surface area contributed by atoms with Crippen LogP contribution in [-0.4, -0.2) is 42.7 Å². The Balaban J connectivity index is 1.53. The highest BCUT2D eigenvalue weighted by Crippen LogP contribution is 2.37. The number of aromatic nitrogens is 2. The van der Waals surface area contributed by atoms with Gasteiger partial charge in [0.1, 0.15) is 18.0 Å². The van der Waals surface area contributed by atoms with E-state index in [2.05, 4.69) is 37.3 Å². The van der Waals surface area contributed by atoms with E-state index in [4.69, 9.17) is 14.5 Å². The maximum atomic E-state index is 5.94. The van der Waals surface area contributed by atoms with Gasteiger partial charge in [-0.2, -0.15) is 4.98 Å². The molecule has 2 heterocycles. The standard InChI is InChI=1S/C26H28N6O2/c1-5-13-27-18(2)15-28-21-12-11-20(14-23(21)33-4)30-26-29-16-24-25(31-26)32(3)22(17-34-24)19-9-7-6-8-10-19/h5-16,22H,17H2,1-4H3,(H,29,30,31)/b13-5-,27-18-,28-15+/t22-/m1/s1. The first kappa shape index (κ1) is 23.0. The molecule has 0 radical (unpaired) electrons. The summed E-state index contributed by atoms with van der Waals surface area (Å²) in [5, 5.41) is 3.25. The number of anilines is 3. The van der Waals surface area contributed by atoms with Crippen LogP contribution in [0.2, 0.25) is 0 Å². The Labute approximate surface area is 199 Å². The maximum Gasteiger partial charge on any atom is 0.229 e. The van der Waals surface area contributed by atoms with Gasteiger partial charge >= 0.3 is 0 Å². The third-order valence-electron chi connectivity index (χ3n) is 5.37. The summed E-state index contributed by atoms with van der Waals surface area (Å²) in [7, 11) is 3.64. The van der Waals surface area contributed by atoms with Crippen LogP contribution >= 0.6 is 0 Å². The largest absolute Gasteiger partial charge is 0.494 e. The molecule has 1 aromatic heterocycles. The summed E-state index contributed by atoms with van der Waals surface area (Å²) in [6, 6.07) is 16.0. The van der Waals surface area contributed by atoms with Gasteiger partial charge in [0.2, 0.25) is 5.95 Å². The summed E-state index contributed by atoms with van der Waals surface area (Å²) >= 11 is 0. The number of aliphatic imine (C=N–C) groups is 2. The Morgan fingerprint density at radius 1 is 1.24 bits per heavy atom. The predicted octanol–water partition coefficient (Wildman–Crippen LogP) is 5.50. The van der Waals surface area contributed by atoms with Crippen molar-refractivity contribution in [1.82, 2.24) is 9.97 Å². The lowest BCUT2D eigenvalue weighted by molar-refractivity contribution is 0.265. The second kappa shape index (κ2) is 10.6. The van der Waals surface area contributed by atoms with Gasteiger partial charge in [0, 0.05) is 31.2 Å². The van der Waals surface area contributed by atoms with Crippen molar-refractivity contribution < 1.29 is 9.47 Å². The lowest BCUT2D eigenvalue weighted by Gasteiger charge is -2.34. The minimum atomic E-state index is 0.0773. The van der Waals surface area contributed by atoms with Crippen LogP contribution in [0, 0.1) is 0 Å². The summed E-state index contributed by atoms with van der Waals surface area (Å²) in [6.07, 6.45) is 7.00. The molecule has 1 aliphatic heterocycles. The summed E-state index contributed by atoms with van der Waals surface area (Å²) < 4.78 is 11.5. The molecule has 1 atom stereocenters. The first-order valence-electron chi connectivity index (χ1n) is 11.0. The lowest BCUT2D eigenvalue weighted by atomic mass is 10.1. The van der Waals surface area contributed by atoms with E-state index in [9.17, 15) is 0 Å². The van der Waals surface area contributed by atoms with E-state index in [-0.39, 0.29) is 6.04 Å². The van der Waals surface area contributed by atoms with Crippen LogP contribution in [0.25, 0.3) is 0 Å². The molecule has 2 aromatic carbocycles. The average molecular weight is 457 g/mol. The smallest absolute Gasteiger partial charge is 0.229 e. The summed E-state index contributed by atoms with van der Waals surface area (Å²) in [5.41, 5.74) is 3.46. The van der Waals surface area contributed by atoms with E-state index >= 15 is 0 Å². The number of fused-ring (bicyclic) bond motifs is 1. The number of nitrogens with zero attached hydrogens (tertiary/aromatic N) is 5. The van der Waals surface area contributed by atoms with Gasteiger partial charge in [0.15, 0.2) is 11.6 Å². The quantitative estimate of drug-likeness (QED) is 0.473. The monoisotopic (exact) mass is 456 g/mol. The van der Waals surface area contributed by atoms with Crippen molar-refractivity contribution in [2.45, 2.75) is 19.9 Å². The van der Waals surface area contributed by atoms with Crippen LogP contribution in [0.1, 0.15) is 25.5 Å². The summed E-state index contributed by atoms with van der Waals surface area (Å²) in [6.45, 7) is 4.35. The van der Waals surface area contributed by atoms with Crippen molar-refractivity contribution in [3.63, 3.8) is 0 Å². The normalized spacial score (nSPS) is 15.9. The molecule has 0 saturated carbocycles. The van der Waals surface area contributed by atoms with Crippen molar-refractivity contribution in [2.75, 3.05) is 31.0 Å². The minimum Gasteiger partial charge on any atom is -0.494 e. The molecule has 0 spiro atoms. The molecule has 0 fully saturated rings. The molecule has 1 N–H and O–H groups in total. The van der Waals surface area contributed by atoms with E-state index < -0.39 is 0 Å². The highest BCUT2D eigenvalue weighted by Gasteiger charge is 2.28. The minimum absolute atomic E-state index is 0.0773. The van der Waals surface area contributed by atoms with Gasteiger partial charge in [-0.15, -0.1) is 0 Å². The number of hydrogen-bond acceptors (Lipinski definition) is 8. The lowest BCUT2D eigenvalue weighted by Crippen LogP contribution is -2.34. The molecule has 34 heavy (non-hydrogen) atoms. The molecular formula is C26H28N6O2. The van der Waals surface area contributed by atoms with E-state index in [1.807, 2.05) is 63.4 Å². The van der Waals surface area contributed by atoms with Gasteiger partial charge in [-0.3, -0.25) is 9.98 Å². The topological polar surface area (TPSA) is 84.2 Å². The van der Waals surface area contributed by atoms with E-state index in [1.54, 1.807) is 25.7 Å². The molecule has 0 aliphatic carbocycles. The molecule has 8 nitrogen and oxygen atoms in total. The number of rotatable bonds is 7. The van der Waals surface area contributed by atoms with Crippen LogP contribution in [0.3, 0.4) is 0 Å². The second-order valence-corrected chi connectivity index (χ2v) is 7.75. The zero-order valence-electron chi connectivity index (χ0n) is 19.8. The number of benzene rings is 2. The molecule has 174 valence electrons. The number of ether oxygens (including phenoxy) is 2. The third-order valence-corrected chi connectivity index (χ3v) is 5.37. The fraction of sp³-hybridized carbons (Fsp3) is 0.231.